The lowest BCUT2D eigenvalue weighted by atomic mass is 9.81. The number of likely N-dealkylation sites (tertiary alicyclic amines) is 1. The molecular formula is C19H20N2O4S. The predicted molar refractivity (Wildman–Crippen MR) is 96.2 cm³/mol. The molecule has 0 spiro atoms. The average Bonchev–Trinajstić information content (AvgIpc) is 3.18. The van der Waals surface area contributed by atoms with Crippen molar-refractivity contribution in [3.8, 4) is 0 Å². The van der Waals surface area contributed by atoms with Gasteiger partial charge in [0.1, 0.15) is 17.7 Å². The number of para-hydroxylation sites is 1. The third-order valence-electron chi connectivity index (χ3n) is 5.28. The first-order valence-electron chi connectivity index (χ1n) is 8.94. The highest BCUT2D eigenvalue weighted by Gasteiger charge is 2.51. The highest BCUT2D eigenvalue weighted by Crippen LogP contribution is 2.39. The van der Waals surface area contributed by atoms with Gasteiger partial charge < -0.3 is 4.74 Å². The minimum Gasteiger partial charge on any atom is -0.457 e. The number of carbonyl (C=O) groups is 3. The Bertz CT molecular complexity index is 820. The summed E-state index contributed by atoms with van der Waals surface area (Å²) < 4.78 is 6.37. The van der Waals surface area contributed by atoms with Crippen LogP contribution in [0.15, 0.2) is 24.3 Å². The van der Waals surface area contributed by atoms with Gasteiger partial charge in [-0.3, -0.25) is 14.5 Å². The zero-order chi connectivity index (χ0) is 18.3. The maximum absolute atomic E-state index is 12.6. The molecule has 1 saturated heterocycles. The van der Waals surface area contributed by atoms with E-state index in [-0.39, 0.29) is 30.3 Å². The summed E-state index contributed by atoms with van der Waals surface area (Å²) >= 11 is 1.46. The van der Waals surface area contributed by atoms with Crippen molar-refractivity contribution in [3.63, 3.8) is 0 Å². The van der Waals surface area contributed by atoms with Gasteiger partial charge in [-0.2, -0.15) is 0 Å². The number of ether oxygens (including phenoxy) is 1. The lowest BCUT2D eigenvalue weighted by Crippen LogP contribution is -2.44. The summed E-state index contributed by atoms with van der Waals surface area (Å²) in [5.74, 6) is -1.51. The quantitative estimate of drug-likeness (QED) is 0.609. The summed E-state index contributed by atoms with van der Waals surface area (Å²) in [5.41, 5.74) is 0.866. The largest absolute Gasteiger partial charge is 0.457 e. The van der Waals surface area contributed by atoms with Crippen LogP contribution in [0.3, 0.4) is 0 Å². The predicted octanol–water partition coefficient (Wildman–Crippen LogP) is 2.90. The molecule has 0 unspecified atom stereocenters. The first kappa shape index (κ1) is 17.1. The second-order valence-corrected chi connectivity index (χ2v) is 8.02. The van der Waals surface area contributed by atoms with Gasteiger partial charge in [0.05, 0.1) is 22.1 Å². The number of benzene rings is 1. The second kappa shape index (κ2) is 6.79. The van der Waals surface area contributed by atoms with Gasteiger partial charge in [-0.05, 0) is 31.9 Å². The second-order valence-electron chi connectivity index (χ2n) is 6.90. The lowest BCUT2D eigenvalue weighted by molar-refractivity contribution is -0.159. The highest BCUT2D eigenvalue weighted by atomic mass is 32.1. The van der Waals surface area contributed by atoms with Gasteiger partial charge in [0, 0.05) is 0 Å². The average molecular weight is 372 g/mol. The van der Waals surface area contributed by atoms with Crippen LogP contribution in [0, 0.1) is 11.8 Å². The molecule has 1 aromatic heterocycles. The van der Waals surface area contributed by atoms with Gasteiger partial charge in [0.15, 0.2) is 0 Å². The van der Waals surface area contributed by atoms with E-state index < -0.39 is 12.0 Å². The van der Waals surface area contributed by atoms with Gasteiger partial charge in [-0.1, -0.05) is 25.0 Å². The first-order chi connectivity index (χ1) is 12.6. The van der Waals surface area contributed by atoms with Crippen LogP contribution in [0.25, 0.3) is 10.2 Å². The van der Waals surface area contributed by atoms with E-state index >= 15 is 0 Å². The van der Waals surface area contributed by atoms with Gasteiger partial charge in [0.2, 0.25) is 11.8 Å². The third-order valence-corrected chi connectivity index (χ3v) is 6.29. The number of nitrogens with zero attached hydrogens (tertiary/aromatic N) is 2. The number of carbonyl (C=O) groups excluding carboxylic acids is 3. The summed E-state index contributed by atoms with van der Waals surface area (Å²) in [5, 5.41) is 0.694. The van der Waals surface area contributed by atoms with E-state index in [0.29, 0.717) is 5.01 Å². The fraction of sp³-hybridized carbons (Fsp3) is 0.474. The molecule has 2 fully saturated rings. The van der Waals surface area contributed by atoms with Gasteiger partial charge >= 0.3 is 5.97 Å². The van der Waals surface area contributed by atoms with Crippen LogP contribution in [0.1, 0.15) is 37.6 Å². The van der Waals surface area contributed by atoms with Crippen LogP contribution in [-0.4, -0.2) is 33.7 Å². The zero-order valence-corrected chi connectivity index (χ0v) is 15.3. The summed E-state index contributed by atoms with van der Waals surface area (Å²) in [4.78, 5) is 43.1. The molecule has 0 N–H and O–H groups in total. The Hall–Kier alpha value is -2.28. The molecule has 4 rings (SSSR count). The Balaban J connectivity index is 1.42. The molecule has 7 heteroatoms. The number of imide groups is 1. The maximum atomic E-state index is 12.6. The Morgan fingerprint density at radius 1 is 1.23 bits per heavy atom. The topological polar surface area (TPSA) is 76.6 Å². The van der Waals surface area contributed by atoms with Crippen molar-refractivity contribution < 1.29 is 19.1 Å². The molecule has 6 nitrogen and oxygen atoms in total. The molecule has 0 radical (unpaired) electrons. The van der Waals surface area contributed by atoms with E-state index in [1.165, 1.54) is 11.3 Å². The minimum absolute atomic E-state index is 0.0472. The maximum Gasteiger partial charge on any atom is 0.329 e. The molecule has 2 amide bonds. The number of hydrogen-bond donors (Lipinski definition) is 0. The van der Waals surface area contributed by atoms with E-state index in [1.54, 1.807) is 6.92 Å². The van der Waals surface area contributed by atoms with Crippen LogP contribution in [0.4, 0.5) is 0 Å². The number of hydrogen-bond acceptors (Lipinski definition) is 6. The smallest absolute Gasteiger partial charge is 0.329 e. The molecule has 3 atom stereocenters. The standard InChI is InChI=1S/C19H20N2O4S/c1-11(21-17(22)12-6-2-3-7-13(12)18(21)23)19(24)25-10-16-20-14-8-4-5-9-15(14)26-16/h4-5,8-9,11-13H,2-3,6-7,10H2,1H3/t11-,12-,13+/m0/s1. The van der Waals surface area contributed by atoms with E-state index in [2.05, 4.69) is 4.98 Å². The van der Waals surface area contributed by atoms with Gasteiger partial charge in [-0.25, -0.2) is 9.78 Å². The first-order valence-corrected chi connectivity index (χ1v) is 9.76. The lowest BCUT2D eigenvalue weighted by Gasteiger charge is -2.21. The molecule has 1 saturated carbocycles. The molecule has 2 heterocycles. The SMILES string of the molecule is C[C@@H](C(=O)OCc1nc2ccccc2s1)N1C(=O)[C@H]2CCCC[C@H]2C1=O. The monoisotopic (exact) mass is 372 g/mol. The molecule has 136 valence electrons. The van der Waals surface area contributed by atoms with Gasteiger partial charge in [-0.15, -0.1) is 11.3 Å². The van der Waals surface area contributed by atoms with Crippen molar-refractivity contribution in [3.05, 3.63) is 29.3 Å². The summed E-state index contributed by atoms with van der Waals surface area (Å²) in [7, 11) is 0. The number of rotatable bonds is 4. The fourth-order valence-electron chi connectivity index (χ4n) is 3.91. The van der Waals surface area contributed by atoms with E-state index in [0.717, 1.165) is 40.8 Å². The van der Waals surface area contributed by atoms with E-state index in [9.17, 15) is 14.4 Å². The molecular weight excluding hydrogens is 352 g/mol. The highest BCUT2D eigenvalue weighted by molar-refractivity contribution is 7.18. The summed E-state index contributed by atoms with van der Waals surface area (Å²) in [6.07, 6.45) is 3.40. The van der Waals surface area contributed by atoms with Crippen LogP contribution >= 0.6 is 11.3 Å². The normalized spacial score (nSPS) is 24.0. The number of aromatic nitrogens is 1. The van der Waals surface area contributed by atoms with Crippen LogP contribution < -0.4 is 0 Å². The Morgan fingerprint density at radius 3 is 2.54 bits per heavy atom. The Labute approximate surface area is 155 Å². The molecule has 2 aliphatic rings. The minimum atomic E-state index is -0.894. The van der Waals surface area contributed by atoms with Crippen molar-refractivity contribution in [2.45, 2.75) is 45.3 Å². The van der Waals surface area contributed by atoms with Crippen molar-refractivity contribution in [2.75, 3.05) is 0 Å². The molecule has 0 bridgehead atoms. The molecule has 1 aliphatic carbocycles. The zero-order valence-electron chi connectivity index (χ0n) is 14.5. The van der Waals surface area contributed by atoms with Gasteiger partial charge in [0.25, 0.3) is 0 Å². The number of esters is 1. The number of fused-ring (bicyclic) bond motifs is 2. The van der Waals surface area contributed by atoms with Crippen LogP contribution in [-0.2, 0) is 25.7 Å². The Morgan fingerprint density at radius 2 is 1.88 bits per heavy atom. The fourth-order valence-corrected chi connectivity index (χ4v) is 4.79. The molecule has 1 aliphatic heterocycles. The summed E-state index contributed by atoms with van der Waals surface area (Å²) in [6.45, 7) is 1.61. The van der Waals surface area contributed by atoms with Crippen LogP contribution in [0.2, 0.25) is 0 Å². The van der Waals surface area contributed by atoms with Crippen molar-refractivity contribution in [1.29, 1.82) is 0 Å². The number of thiazole rings is 1. The van der Waals surface area contributed by atoms with Crippen molar-refractivity contribution in [1.82, 2.24) is 9.88 Å². The van der Waals surface area contributed by atoms with E-state index in [1.807, 2.05) is 24.3 Å². The third kappa shape index (κ3) is 2.90. The van der Waals surface area contributed by atoms with Crippen molar-refractivity contribution >= 4 is 39.3 Å². The van der Waals surface area contributed by atoms with Crippen molar-refractivity contribution in [2.24, 2.45) is 11.8 Å². The van der Waals surface area contributed by atoms with Crippen LogP contribution in [0.5, 0.6) is 0 Å². The molecule has 2 aromatic rings. The Kier molecular flexibility index (Phi) is 4.48. The molecule has 26 heavy (non-hydrogen) atoms. The summed E-state index contributed by atoms with van der Waals surface area (Å²) in [6, 6.07) is 6.81. The molecule has 1 aromatic carbocycles. The number of amides is 2. The van der Waals surface area contributed by atoms with E-state index in [4.69, 9.17) is 4.74 Å².